The largest absolute Gasteiger partial charge is 0.399 e. The first-order valence-electron chi connectivity index (χ1n) is 5.68. The lowest BCUT2D eigenvalue weighted by atomic mass is 10.3. The van der Waals surface area contributed by atoms with E-state index in [1.54, 1.807) is 0 Å². The molecule has 106 valence electrons. The van der Waals surface area contributed by atoms with Gasteiger partial charge in [-0.1, -0.05) is 6.92 Å². The number of nitrogen functional groups attached to an aromatic ring is 1. The summed E-state index contributed by atoms with van der Waals surface area (Å²) in [6.07, 6.45) is 0.741. The van der Waals surface area contributed by atoms with Crippen LogP contribution in [0.4, 0.5) is 10.1 Å². The molecule has 0 atom stereocenters. The van der Waals surface area contributed by atoms with E-state index in [1.165, 1.54) is 6.07 Å². The van der Waals surface area contributed by atoms with E-state index in [9.17, 15) is 17.6 Å². The first kappa shape index (κ1) is 15.4. The van der Waals surface area contributed by atoms with Crippen molar-refractivity contribution in [3.8, 4) is 0 Å². The van der Waals surface area contributed by atoms with Crippen LogP contribution in [0.2, 0.25) is 0 Å². The van der Waals surface area contributed by atoms with Crippen molar-refractivity contribution in [3.05, 3.63) is 24.0 Å². The molecule has 1 rings (SSSR count). The van der Waals surface area contributed by atoms with E-state index in [-0.39, 0.29) is 5.69 Å². The fraction of sp³-hybridized carbons (Fsp3) is 0.364. The van der Waals surface area contributed by atoms with Gasteiger partial charge in [-0.2, -0.15) is 0 Å². The number of halogens is 1. The Hall–Kier alpha value is -1.67. The Labute approximate surface area is 111 Å². The van der Waals surface area contributed by atoms with Gasteiger partial charge in [0.1, 0.15) is 10.7 Å². The van der Waals surface area contributed by atoms with E-state index in [0.717, 1.165) is 18.6 Å². The van der Waals surface area contributed by atoms with Crippen molar-refractivity contribution in [2.45, 2.75) is 18.2 Å². The van der Waals surface area contributed by atoms with Crippen molar-refractivity contribution in [1.82, 2.24) is 10.0 Å². The molecule has 8 heteroatoms. The second-order valence-electron chi connectivity index (χ2n) is 3.86. The van der Waals surface area contributed by atoms with Gasteiger partial charge in [0.15, 0.2) is 0 Å². The maximum Gasteiger partial charge on any atom is 0.243 e. The zero-order valence-corrected chi connectivity index (χ0v) is 11.3. The quantitative estimate of drug-likeness (QED) is 0.652. The predicted octanol–water partition coefficient (Wildman–Crippen LogP) is 0.212. The molecule has 4 N–H and O–H groups in total. The van der Waals surface area contributed by atoms with Crippen molar-refractivity contribution in [2.75, 3.05) is 18.8 Å². The highest BCUT2D eigenvalue weighted by atomic mass is 32.2. The summed E-state index contributed by atoms with van der Waals surface area (Å²) >= 11 is 0. The molecule has 0 aliphatic rings. The lowest BCUT2D eigenvalue weighted by Crippen LogP contribution is -2.37. The SMILES string of the molecule is CCCNC(=O)CNS(=O)(=O)c1ccc(N)cc1F. The second-order valence-corrected chi connectivity index (χ2v) is 5.60. The summed E-state index contributed by atoms with van der Waals surface area (Å²) in [4.78, 5) is 10.7. The maximum atomic E-state index is 13.5. The number of carbonyl (C=O) groups excluding carboxylic acids is 1. The molecular formula is C11H16FN3O3S. The third kappa shape index (κ3) is 4.49. The van der Waals surface area contributed by atoms with Gasteiger partial charge in [0.2, 0.25) is 15.9 Å². The van der Waals surface area contributed by atoms with Gasteiger partial charge in [0, 0.05) is 12.2 Å². The minimum absolute atomic E-state index is 0.122. The van der Waals surface area contributed by atoms with Crippen LogP contribution < -0.4 is 15.8 Å². The average molecular weight is 289 g/mol. The standard InChI is InChI=1S/C11H16FN3O3S/c1-2-5-14-11(16)7-15-19(17,18)10-4-3-8(13)6-9(10)12/h3-4,6,15H,2,5,7,13H2,1H3,(H,14,16). The highest BCUT2D eigenvalue weighted by Gasteiger charge is 2.19. The van der Waals surface area contributed by atoms with Crippen LogP contribution in [0.3, 0.4) is 0 Å². The van der Waals surface area contributed by atoms with Crippen LogP contribution >= 0.6 is 0 Å². The van der Waals surface area contributed by atoms with Crippen LogP contribution in [0.5, 0.6) is 0 Å². The van der Waals surface area contributed by atoms with Crippen molar-refractivity contribution in [2.24, 2.45) is 0 Å². The summed E-state index contributed by atoms with van der Waals surface area (Å²) < 4.78 is 39.0. The monoisotopic (exact) mass is 289 g/mol. The average Bonchev–Trinajstić information content (AvgIpc) is 2.33. The number of anilines is 1. The molecule has 0 spiro atoms. The molecule has 0 saturated heterocycles. The molecule has 0 bridgehead atoms. The van der Waals surface area contributed by atoms with Gasteiger partial charge in [-0.3, -0.25) is 4.79 Å². The van der Waals surface area contributed by atoms with Crippen LogP contribution in [0.1, 0.15) is 13.3 Å². The van der Waals surface area contributed by atoms with Gasteiger partial charge in [-0.25, -0.2) is 17.5 Å². The molecular weight excluding hydrogens is 273 g/mol. The molecule has 0 unspecified atom stereocenters. The minimum atomic E-state index is -4.07. The van der Waals surface area contributed by atoms with Crippen molar-refractivity contribution in [3.63, 3.8) is 0 Å². The first-order valence-corrected chi connectivity index (χ1v) is 7.16. The first-order chi connectivity index (χ1) is 8.86. The van der Waals surface area contributed by atoms with Crippen LogP contribution in [0.15, 0.2) is 23.1 Å². The highest BCUT2D eigenvalue weighted by Crippen LogP contribution is 2.16. The van der Waals surface area contributed by atoms with E-state index in [2.05, 4.69) is 5.32 Å². The van der Waals surface area contributed by atoms with Gasteiger partial charge in [-0.15, -0.1) is 0 Å². The Morgan fingerprint density at radius 1 is 1.42 bits per heavy atom. The van der Waals surface area contributed by atoms with Gasteiger partial charge < -0.3 is 11.1 Å². The zero-order chi connectivity index (χ0) is 14.5. The molecule has 0 radical (unpaired) electrons. The van der Waals surface area contributed by atoms with Crippen LogP contribution in [0, 0.1) is 5.82 Å². The maximum absolute atomic E-state index is 13.5. The number of hydrogen-bond acceptors (Lipinski definition) is 4. The number of amides is 1. The number of nitrogens with one attached hydrogen (secondary N) is 2. The number of benzene rings is 1. The predicted molar refractivity (Wildman–Crippen MR) is 69.3 cm³/mol. The smallest absolute Gasteiger partial charge is 0.243 e. The summed E-state index contributed by atoms with van der Waals surface area (Å²) in [6, 6.07) is 3.23. The second kappa shape index (κ2) is 6.48. The van der Waals surface area contributed by atoms with Crippen molar-refractivity contribution >= 4 is 21.6 Å². The molecule has 1 amide bonds. The van der Waals surface area contributed by atoms with Crippen LogP contribution in [0.25, 0.3) is 0 Å². The van der Waals surface area contributed by atoms with E-state index in [1.807, 2.05) is 11.6 Å². The topological polar surface area (TPSA) is 101 Å². The number of sulfonamides is 1. The molecule has 0 heterocycles. The Morgan fingerprint density at radius 2 is 2.11 bits per heavy atom. The van der Waals surface area contributed by atoms with Crippen molar-refractivity contribution < 1.29 is 17.6 Å². The molecule has 0 fully saturated rings. The lowest BCUT2D eigenvalue weighted by Gasteiger charge is -2.08. The fourth-order valence-corrected chi connectivity index (χ4v) is 2.34. The molecule has 0 aliphatic heterocycles. The van der Waals surface area contributed by atoms with E-state index in [4.69, 9.17) is 5.73 Å². The van der Waals surface area contributed by atoms with E-state index < -0.39 is 33.2 Å². The minimum Gasteiger partial charge on any atom is -0.399 e. The molecule has 6 nitrogen and oxygen atoms in total. The molecule has 0 aliphatic carbocycles. The molecule has 0 saturated carbocycles. The summed E-state index contributed by atoms with van der Waals surface area (Å²) in [5, 5.41) is 2.50. The molecule has 0 aromatic heterocycles. The summed E-state index contributed by atoms with van der Waals surface area (Å²) in [5.74, 6) is -1.43. The Kier molecular flexibility index (Phi) is 5.25. The molecule has 1 aromatic rings. The summed E-state index contributed by atoms with van der Waals surface area (Å²) in [6.45, 7) is 1.89. The Balaban J connectivity index is 2.73. The van der Waals surface area contributed by atoms with Gasteiger partial charge >= 0.3 is 0 Å². The molecule has 19 heavy (non-hydrogen) atoms. The number of carbonyl (C=O) groups is 1. The van der Waals surface area contributed by atoms with Crippen LogP contribution in [-0.2, 0) is 14.8 Å². The Bertz CT molecular complexity index is 560. The lowest BCUT2D eigenvalue weighted by molar-refractivity contribution is -0.119. The van der Waals surface area contributed by atoms with Crippen LogP contribution in [-0.4, -0.2) is 27.4 Å². The normalized spacial score (nSPS) is 11.3. The number of hydrogen-bond donors (Lipinski definition) is 3. The number of nitrogens with two attached hydrogens (primary N) is 1. The van der Waals surface area contributed by atoms with E-state index >= 15 is 0 Å². The third-order valence-corrected chi connectivity index (χ3v) is 3.67. The summed E-state index contributed by atoms with van der Waals surface area (Å²) in [7, 11) is -4.07. The van der Waals surface area contributed by atoms with Gasteiger partial charge in [-0.05, 0) is 24.6 Å². The fourth-order valence-electron chi connectivity index (χ4n) is 1.30. The van der Waals surface area contributed by atoms with Gasteiger partial charge in [0.05, 0.1) is 6.54 Å². The van der Waals surface area contributed by atoms with Crippen molar-refractivity contribution in [1.29, 1.82) is 0 Å². The van der Waals surface area contributed by atoms with Gasteiger partial charge in [0.25, 0.3) is 0 Å². The van der Waals surface area contributed by atoms with E-state index in [0.29, 0.717) is 6.54 Å². The summed E-state index contributed by atoms with van der Waals surface area (Å²) in [5.41, 5.74) is 5.45. The Morgan fingerprint density at radius 3 is 2.68 bits per heavy atom. The zero-order valence-electron chi connectivity index (χ0n) is 10.4. The number of rotatable bonds is 6. The molecule has 1 aromatic carbocycles. The third-order valence-electron chi connectivity index (χ3n) is 2.24. The highest BCUT2D eigenvalue weighted by molar-refractivity contribution is 7.89.